The van der Waals surface area contributed by atoms with Crippen molar-refractivity contribution in [2.45, 2.75) is 6.42 Å². The topological polar surface area (TPSA) is 106 Å². The van der Waals surface area contributed by atoms with Gasteiger partial charge in [-0.3, -0.25) is 4.57 Å². The zero-order chi connectivity index (χ0) is 25.0. The summed E-state index contributed by atoms with van der Waals surface area (Å²) >= 11 is 0. The highest BCUT2D eigenvalue weighted by Gasteiger charge is 2.15. The van der Waals surface area contributed by atoms with Crippen molar-refractivity contribution in [1.29, 1.82) is 0 Å². The number of anilines is 3. The number of phenols is 1. The Labute approximate surface area is 213 Å². The first-order valence-corrected chi connectivity index (χ1v) is 11.9. The molecule has 6 rings (SSSR count). The number of aromatic hydroxyl groups is 1. The molecule has 9 heteroatoms. The zero-order valence-corrected chi connectivity index (χ0v) is 19.9. The molecule has 0 saturated heterocycles. The molecule has 0 spiro atoms. The fraction of sp³-hybridized carbons (Fsp3) is 0.0714. The lowest BCUT2D eigenvalue weighted by Gasteiger charge is -2.11. The van der Waals surface area contributed by atoms with Gasteiger partial charge in [0.15, 0.2) is 17.0 Å². The van der Waals surface area contributed by atoms with E-state index in [2.05, 4.69) is 20.6 Å². The Kier molecular flexibility index (Phi) is 5.92. The quantitative estimate of drug-likeness (QED) is 0.274. The third-order valence-electron chi connectivity index (χ3n) is 6.00. The van der Waals surface area contributed by atoms with Gasteiger partial charge in [-0.05, 0) is 60.5 Å². The molecule has 6 aromatic rings. The van der Waals surface area contributed by atoms with Gasteiger partial charge in [0, 0.05) is 36.0 Å². The minimum absolute atomic E-state index is 0.259. The maximum Gasteiger partial charge on any atom is 0.231 e. The van der Waals surface area contributed by atoms with Gasteiger partial charge in [0.25, 0.3) is 0 Å². The molecule has 0 unspecified atom stereocenters. The molecular weight excluding hydrogens is 464 g/mol. The number of rotatable bonds is 8. The summed E-state index contributed by atoms with van der Waals surface area (Å²) in [6, 6.07) is 25.2. The second-order valence-corrected chi connectivity index (χ2v) is 8.50. The van der Waals surface area contributed by atoms with Crippen LogP contribution in [-0.2, 0) is 6.42 Å². The third-order valence-corrected chi connectivity index (χ3v) is 6.00. The molecule has 182 valence electrons. The Balaban J connectivity index is 1.31. The Bertz CT molecular complexity index is 1610. The molecule has 0 atom stereocenters. The van der Waals surface area contributed by atoms with Crippen LogP contribution in [-0.4, -0.2) is 40.7 Å². The van der Waals surface area contributed by atoms with Crippen LogP contribution in [0.1, 0.15) is 5.56 Å². The number of hydrogen-bond acceptors (Lipinski definition) is 7. The molecule has 0 saturated carbocycles. The molecule has 9 nitrogen and oxygen atoms in total. The smallest absolute Gasteiger partial charge is 0.231 e. The highest BCUT2D eigenvalue weighted by molar-refractivity contribution is 5.86. The second kappa shape index (κ2) is 9.82. The fourth-order valence-corrected chi connectivity index (χ4v) is 4.10. The summed E-state index contributed by atoms with van der Waals surface area (Å²) in [5.74, 6) is 1.37. The van der Waals surface area contributed by atoms with Crippen LogP contribution in [0.25, 0.3) is 22.5 Å². The zero-order valence-electron chi connectivity index (χ0n) is 19.9. The van der Waals surface area contributed by atoms with Gasteiger partial charge in [-0.1, -0.05) is 30.3 Å². The number of fused-ring (bicyclic) bond motifs is 1. The standard InChI is InChI=1S/C28H24N8O/c37-24-12-6-20(7-13-24)14-15-30-26-25-27(36(19-31-25)23-4-2-1-3-5-23)34-28(33-26)32-21-8-10-22(11-9-21)35-17-16-29-18-35/h1-13,16-19,37H,14-15H2,(H2,30,32,33,34). The van der Waals surface area contributed by atoms with Crippen molar-refractivity contribution >= 4 is 28.6 Å². The molecule has 0 aliphatic carbocycles. The maximum atomic E-state index is 9.54. The summed E-state index contributed by atoms with van der Waals surface area (Å²) in [5.41, 5.74) is 5.35. The summed E-state index contributed by atoms with van der Waals surface area (Å²) in [7, 11) is 0. The van der Waals surface area contributed by atoms with Crippen LogP contribution < -0.4 is 10.6 Å². The molecule has 0 aliphatic rings. The van der Waals surface area contributed by atoms with Gasteiger partial charge in [-0.2, -0.15) is 9.97 Å². The predicted octanol–water partition coefficient (Wildman–Crippen LogP) is 5.11. The number of phenolic OH excluding ortho intramolecular Hbond substituents is 1. The number of aromatic nitrogens is 6. The molecule has 0 bridgehead atoms. The summed E-state index contributed by atoms with van der Waals surface area (Å²) < 4.78 is 3.90. The van der Waals surface area contributed by atoms with Crippen molar-refractivity contribution in [2.24, 2.45) is 0 Å². The van der Waals surface area contributed by atoms with Crippen LogP contribution in [0.5, 0.6) is 5.75 Å². The van der Waals surface area contributed by atoms with Gasteiger partial charge >= 0.3 is 0 Å². The fourth-order valence-electron chi connectivity index (χ4n) is 4.10. The molecule has 0 radical (unpaired) electrons. The number of nitrogens with one attached hydrogen (secondary N) is 2. The Morgan fingerprint density at radius 2 is 1.62 bits per heavy atom. The average molecular weight is 489 g/mol. The summed E-state index contributed by atoms with van der Waals surface area (Å²) in [6.45, 7) is 0.647. The molecule has 37 heavy (non-hydrogen) atoms. The van der Waals surface area contributed by atoms with Crippen molar-refractivity contribution in [1.82, 2.24) is 29.1 Å². The van der Waals surface area contributed by atoms with Gasteiger partial charge in [-0.25, -0.2) is 9.97 Å². The average Bonchev–Trinajstić information content (AvgIpc) is 3.62. The summed E-state index contributed by atoms with van der Waals surface area (Å²) in [6.07, 6.45) is 7.95. The first-order chi connectivity index (χ1) is 18.2. The van der Waals surface area contributed by atoms with E-state index in [9.17, 15) is 5.11 Å². The molecule has 3 heterocycles. The van der Waals surface area contributed by atoms with Crippen molar-refractivity contribution in [3.8, 4) is 17.1 Å². The first kappa shape index (κ1) is 22.3. The van der Waals surface area contributed by atoms with Crippen molar-refractivity contribution in [3.05, 3.63) is 109 Å². The highest BCUT2D eigenvalue weighted by Crippen LogP contribution is 2.25. The minimum atomic E-state index is 0.259. The Morgan fingerprint density at radius 3 is 2.38 bits per heavy atom. The van der Waals surface area contributed by atoms with E-state index in [0.717, 1.165) is 29.0 Å². The van der Waals surface area contributed by atoms with Crippen LogP contribution in [0.2, 0.25) is 0 Å². The lowest BCUT2D eigenvalue weighted by atomic mass is 10.1. The lowest BCUT2D eigenvalue weighted by molar-refractivity contribution is 0.475. The highest BCUT2D eigenvalue weighted by atomic mass is 16.3. The van der Waals surface area contributed by atoms with Crippen molar-refractivity contribution < 1.29 is 5.11 Å². The summed E-state index contributed by atoms with van der Waals surface area (Å²) in [5, 5.41) is 16.3. The van der Waals surface area contributed by atoms with Gasteiger partial charge in [0.1, 0.15) is 12.1 Å². The van der Waals surface area contributed by atoms with Gasteiger partial charge < -0.3 is 20.3 Å². The number of benzene rings is 3. The third kappa shape index (κ3) is 4.83. The van der Waals surface area contributed by atoms with E-state index in [1.165, 1.54) is 0 Å². The molecule has 3 N–H and O–H groups in total. The SMILES string of the molecule is Oc1ccc(CCNc2nc(Nc3ccc(-n4ccnc4)cc3)nc3c2ncn3-c2ccccc2)cc1. The van der Waals surface area contributed by atoms with Gasteiger partial charge in [0.05, 0.1) is 6.33 Å². The largest absolute Gasteiger partial charge is 0.508 e. The number of hydrogen-bond donors (Lipinski definition) is 3. The normalized spacial score (nSPS) is 11.0. The van der Waals surface area contributed by atoms with Crippen LogP contribution in [0.15, 0.2) is 104 Å². The van der Waals surface area contributed by atoms with E-state index < -0.39 is 0 Å². The molecule has 0 fully saturated rings. The minimum Gasteiger partial charge on any atom is -0.508 e. The maximum absolute atomic E-state index is 9.54. The molecule has 0 aliphatic heterocycles. The number of imidazole rings is 2. The van der Waals surface area contributed by atoms with Crippen LogP contribution in [0.3, 0.4) is 0 Å². The van der Waals surface area contributed by atoms with E-state index in [-0.39, 0.29) is 5.75 Å². The van der Waals surface area contributed by atoms with Crippen LogP contribution in [0.4, 0.5) is 17.5 Å². The van der Waals surface area contributed by atoms with E-state index in [4.69, 9.17) is 9.97 Å². The lowest BCUT2D eigenvalue weighted by Crippen LogP contribution is -2.09. The molecule has 3 aromatic heterocycles. The van der Waals surface area contributed by atoms with E-state index >= 15 is 0 Å². The Hall–Kier alpha value is -5.18. The van der Waals surface area contributed by atoms with E-state index in [0.29, 0.717) is 29.5 Å². The molecule has 0 amide bonds. The number of nitrogens with zero attached hydrogens (tertiary/aromatic N) is 6. The van der Waals surface area contributed by atoms with Gasteiger partial charge in [0.2, 0.25) is 5.95 Å². The predicted molar refractivity (Wildman–Crippen MR) is 144 cm³/mol. The monoisotopic (exact) mass is 488 g/mol. The van der Waals surface area contributed by atoms with E-state index in [1.807, 2.05) is 82.1 Å². The molecular formula is C28H24N8O. The first-order valence-electron chi connectivity index (χ1n) is 11.9. The van der Waals surface area contributed by atoms with E-state index in [1.54, 1.807) is 31.0 Å². The van der Waals surface area contributed by atoms with Crippen LogP contribution >= 0.6 is 0 Å². The Morgan fingerprint density at radius 1 is 0.811 bits per heavy atom. The molecule has 3 aromatic carbocycles. The van der Waals surface area contributed by atoms with Crippen LogP contribution in [0, 0.1) is 0 Å². The second-order valence-electron chi connectivity index (χ2n) is 8.50. The van der Waals surface area contributed by atoms with Crippen molar-refractivity contribution in [2.75, 3.05) is 17.2 Å². The summed E-state index contributed by atoms with van der Waals surface area (Å²) in [4.78, 5) is 18.3. The number of para-hydroxylation sites is 1. The van der Waals surface area contributed by atoms with Crippen molar-refractivity contribution in [3.63, 3.8) is 0 Å². The van der Waals surface area contributed by atoms with Gasteiger partial charge in [-0.15, -0.1) is 0 Å².